The summed E-state index contributed by atoms with van der Waals surface area (Å²) >= 11 is 0. The maximum absolute atomic E-state index is 12.0. The predicted molar refractivity (Wildman–Crippen MR) is 62.1 cm³/mol. The van der Waals surface area contributed by atoms with Crippen LogP contribution in [0.3, 0.4) is 0 Å². The minimum Gasteiger partial charge on any atom is -0.328 e. The van der Waals surface area contributed by atoms with Gasteiger partial charge >= 0.3 is 6.03 Å². The van der Waals surface area contributed by atoms with Crippen LogP contribution in [0.2, 0.25) is 0 Å². The highest BCUT2D eigenvalue weighted by atomic mass is 16.2. The van der Waals surface area contributed by atoms with Gasteiger partial charge in [-0.25, -0.2) is 4.79 Å². The standard InChI is InChI=1S/C12H19N3O2/c1-15-9(16)12(14-10(15)17)6-11(7-12)4-2-8(13)3-5-11/h8H,2-7,13H2,1H3,(H,14,17). The molecule has 1 aliphatic heterocycles. The van der Waals surface area contributed by atoms with Gasteiger partial charge < -0.3 is 11.1 Å². The van der Waals surface area contributed by atoms with Crippen LogP contribution in [0.15, 0.2) is 0 Å². The zero-order valence-electron chi connectivity index (χ0n) is 10.2. The van der Waals surface area contributed by atoms with Crippen molar-refractivity contribution < 1.29 is 9.59 Å². The Balaban J connectivity index is 1.72. The van der Waals surface area contributed by atoms with Gasteiger partial charge in [0.25, 0.3) is 5.91 Å². The third kappa shape index (κ3) is 1.41. The second kappa shape index (κ2) is 3.22. The molecule has 2 aliphatic carbocycles. The third-order valence-corrected chi connectivity index (χ3v) is 4.81. The van der Waals surface area contributed by atoms with E-state index in [0.717, 1.165) is 38.5 Å². The molecular formula is C12H19N3O2. The topological polar surface area (TPSA) is 75.4 Å². The molecule has 3 fully saturated rings. The molecule has 0 radical (unpaired) electrons. The number of urea groups is 1. The van der Waals surface area contributed by atoms with Crippen LogP contribution in [0.25, 0.3) is 0 Å². The van der Waals surface area contributed by atoms with Crippen molar-refractivity contribution in [3.63, 3.8) is 0 Å². The lowest BCUT2D eigenvalue weighted by Crippen LogP contribution is -2.63. The zero-order valence-corrected chi connectivity index (χ0v) is 10.2. The molecule has 0 atom stereocenters. The number of nitrogens with two attached hydrogens (primary N) is 1. The molecule has 1 saturated heterocycles. The van der Waals surface area contributed by atoms with Crippen LogP contribution < -0.4 is 11.1 Å². The molecule has 0 unspecified atom stereocenters. The number of amides is 3. The van der Waals surface area contributed by atoms with E-state index in [1.165, 1.54) is 4.90 Å². The van der Waals surface area contributed by atoms with Gasteiger partial charge in [-0.2, -0.15) is 0 Å². The Kier molecular flexibility index (Phi) is 2.09. The second-order valence-electron chi connectivity index (χ2n) is 6.07. The van der Waals surface area contributed by atoms with Gasteiger partial charge in [-0.1, -0.05) is 0 Å². The molecular weight excluding hydrogens is 218 g/mol. The number of hydrogen-bond acceptors (Lipinski definition) is 3. The summed E-state index contributed by atoms with van der Waals surface area (Å²) in [5, 5.41) is 2.86. The summed E-state index contributed by atoms with van der Waals surface area (Å²) in [5.41, 5.74) is 5.60. The largest absolute Gasteiger partial charge is 0.328 e. The maximum atomic E-state index is 12.0. The summed E-state index contributed by atoms with van der Waals surface area (Å²) in [4.78, 5) is 24.7. The molecule has 0 aromatic rings. The Hall–Kier alpha value is -1.10. The molecule has 17 heavy (non-hydrogen) atoms. The summed E-state index contributed by atoms with van der Waals surface area (Å²) in [5.74, 6) is -0.0528. The molecule has 3 N–H and O–H groups in total. The Morgan fingerprint density at radius 1 is 1.29 bits per heavy atom. The molecule has 5 nitrogen and oxygen atoms in total. The number of rotatable bonds is 0. The Morgan fingerprint density at radius 3 is 2.35 bits per heavy atom. The first-order valence-corrected chi connectivity index (χ1v) is 6.32. The SMILES string of the molecule is CN1C(=O)NC2(CC3(CCC(N)CC3)C2)C1=O. The van der Waals surface area contributed by atoms with Gasteiger partial charge in [0.15, 0.2) is 0 Å². The Labute approximate surface area is 101 Å². The van der Waals surface area contributed by atoms with Crippen molar-refractivity contribution in [2.45, 2.75) is 50.1 Å². The number of carbonyl (C=O) groups excluding carboxylic acids is 2. The smallest absolute Gasteiger partial charge is 0.324 e. The first kappa shape index (κ1) is 11.0. The highest BCUT2D eigenvalue weighted by Gasteiger charge is 2.63. The lowest BCUT2D eigenvalue weighted by atomic mass is 9.51. The average Bonchev–Trinajstić information content (AvgIpc) is 2.47. The fraction of sp³-hybridized carbons (Fsp3) is 0.833. The predicted octanol–water partition coefficient (Wildman–Crippen LogP) is 0.588. The molecule has 3 rings (SSSR count). The van der Waals surface area contributed by atoms with Gasteiger partial charge in [0.2, 0.25) is 0 Å². The average molecular weight is 237 g/mol. The van der Waals surface area contributed by atoms with Crippen molar-refractivity contribution in [2.24, 2.45) is 11.1 Å². The van der Waals surface area contributed by atoms with Gasteiger partial charge in [0, 0.05) is 13.1 Å². The van der Waals surface area contributed by atoms with E-state index >= 15 is 0 Å². The fourth-order valence-corrected chi connectivity index (χ4v) is 3.83. The van der Waals surface area contributed by atoms with Gasteiger partial charge in [0.1, 0.15) is 5.54 Å². The van der Waals surface area contributed by atoms with Gasteiger partial charge in [-0.15, -0.1) is 0 Å². The van der Waals surface area contributed by atoms with Crippen molar-refractivity contribution in [1.29, 1.82) is 0 Å². The van der Waals surface area contributed by atoms with Gasteiger partial charge in [-0.3, -0.25) is 9.69 Å². The van der Waals surface area contributed by atoms with E-state index in [1.807, 2.05) is 0 Å². The van der Waals surface area contributed by atoms with Crippen LogP contribution in [-0.2, 0) is 4.79 Å². The molecule has 0 aromatic carbocycles. The summed E-state index contributed by atoms with van der Waals surface area (Å²) in [7, 11) is 1.55. The van der Waals surface area contributed by atoms with Crippen molar-refractivity contribution >= 4 is 11.9 Å². The summed E-state index contributed by atoms with van der Waals surface area (Å²) in [6, 6.07) is 0.0751. The molecule has 1 heterocycles. The van der Waals surface area contributed by atoms with Crippen LogP contribution in [0.5, 0.6) is 0 Å². The quantitative estimate of drug-likeness (QED) is 0.605. The number of likely N-dealkylation sites (N-methyl/N-ethyl adjacent to an activating group) is 1. The number of carbonyl (C=O) groups is 2. The van der Waals surface area contributed by atoms with Crippen LogP contribution in [0, 0.1) is 5.41 Å². The normalized spacial score (nSPS) is 45.3. The Bertz CT molecular complexity index is 377. The summed E-state index contributed by atoms with van der Waals surface area (Å²) in [6.45, 7) is 0. The first-order valence-electron chi connectivity index (χ1n) is 6.32. The number of nitrogens with one attached hydrogen (secondary N) is 1. The van der Waals surface area contributed by atoms with Crippen molar-refractivity contribution in [1.82, 2.24) is 10.2 Å². The molecule has 2 saturated carbocycles. The van der Waals surface area contributed by atoms with E-state index in [1.54, 1.807) is 7.05 Å². The molecule has 94 valence electrons. The van der Waals surface area contributed by atoms with Crippen molar-refractivity contribution in [3.8, 4) is 0 Å². The number of hydrogen-bond donors (Lipinski definition) is 2. The van der Waals surface area contributed by atoms with E-state index in [0.29, 0.717) is 6.04 Å². The first-order chi connectivity index (χ1) is 7.96. The van der Waals surface area contributed by atoms with Crippen molar-refractivity contribution in [3.05, 3.63) is 0 Å². The lowest BCUT2D eigenvalue weighted by Gasteiger charge is -2.55. The number of imide groups is 1. The van der Waals surface area contributed by atoms with Crippen LogP contribution in [0.4, 0.5) is 4.79 Å². The van der Waals surface area contributed by atoms with Crippen LogP contribution >= 0.6 is 0 Å². The molecule has 0 bridgehead atoms. The molecule has 3 aliphatic rings. The van der Waals surface area contributed by atoms with E-state index < -0.39 is 5.54 Å². The highest BCUT2D eigenvalue weighted by molar-refractivity contribution is 6.07. The zero-order chi connectivity index (χ0) is 12.3. The van der Waals surface area contributed by atoms with E-state index in [-0.39, 0.29) is 17.4 Å². The molecule has 3 amide bonds. The maximum Gasteiger partial charge on any atom is 0.324 e. The fourth-order valence-electron chi connectivity index (χ4n) is 3.83. The van der Waals surface area contributed by atoms with Crippen molar-refractivity contribution in [2.75, 3.05) is 7.05 Å². The second-order valence-corrected chi connectivity index (χ2v) is 6.07. The minimum atomic E-state index is -0.576. The third-order valence-electron chi connectivity index (χ3n) is 4.81. The van der Waals surface area contributed by atoms with Gasteiger partial charge in [0.05, 0.1) is 0 Å². The highest BCUT2D eigenvalue weighted by Crippen LogP contribution is 2.58. The van der Waals surface area contributed by atoms with E-state index in [4.69, 9.17) is 5.73 Å². The Morgan fingerprint density at radius 2 is 1.88 bits per heavy atom. The summed E-state index contributed by atoms with van der Waals surface area (Å²) in [6.07, 6.45) is 5.91. The van der Waals surface area contributed by atoms with Crippen LogP contribution in [0.1, 0.15) is 38.5 Å². The van der Waals surface area contributed by atoms with E-state index in [2.05, 4.69) is 5.32 Å². The van der Waals surface area contributed by atoms with E-state index in [9.17, 15) is 9.59 Å². The summed E-state index contributed by atoms with van der Waals surface area (Å²) < 4.78 is 0. The van der Waals surface area contributed by atoms with Crippen LogP contribution in [-0.4, -0.2) is 35.5 Å². The molecule has 2 spiro atoms. The minimum absolute atomic E-state index is 0.0528. The molecule has 0 aromatic heterocycles. The van der Waals surface area contributed by atoms with Gasteiger partial charge in [-0.05, 0) is 43.9 Å². The lowest BCUT2D eigenvalue weighted by molar-refractivity contribution is -0.141. The monoisotopic (exact) mass is 237 g/mol. The number of nitrogens with zero attached hydrogens (tertiary/aromatic N) is 1. The molecule has 5 heteroatoms.